The second-order valence-corrected chi connectivity index (χ2v) is 22.6. The lowest BCUT2D eigenvalue weighted by atomic mass is 10.0. The zero-order chi connectivity index (χ0) is 58.0. The number of halogens is 2. The Morgan fingerprint density at radius 2 is 0.852 bits per heavy atom. The molecule has 18 nitrogen and oxygen atoms in total. The second kappa shape index (κ2) is 30.0. The molecule has 0 spiro atoms. The van der Waals surface area contributed by atoms with Gasteiger partial charge in [0.2, 0.25) is 34.1 Å². The molecule has 4 N–H and O–H groups in total. The van der Waals surface area contributed by atoms with Crippen molar-refractivity contribution >= 4 is 105 Å². The second-order valence-electron chi connectivity index (χ2n) is 19.5. The van der Waals surface area contributed by atoms with Crippen LogP contribution in [0.25, 0.3) is 0 Å². The first-order valence-corrected chi connectivity index (χ1v) is 29.2. The van der Waals surface area contributed by atoms with Gasteiger partial charge in [-0.1, -0.05) is 147 Å². The number of thioether (sulfide) groups is 2. The lowest BCUT2D eigenvalue weighted by molar-refractivity contribution is -0.153. The SMILES string of the molecule is CC1=C(C(=O)OCc2ccccc2)N2C(=O)[C@@H](NC(=O)[C@@H](NC(=O)CC(=O)N[C@@H](C(=O)N[C@H]3C(=O)N4C(C(=O)OCc5ccccc5)=C(C)CSC34)c3ccccc3)c3ccccc3)C2SC1.O=C(Cl)CCCCCCCCC(=O)Cl. The third-order valence-corrected chi connectivity index (χ3v) is 16.7. The Hall–Kier alpha value is -7.26. The fraction of sp³-hybridized carbons (Fsp3) is 0.356. The van der Waals surface area contributed by atoms with Crippen molar-refractivity contribution < 1.29 is 57.4 Å². The smallest absolute Gasteiger partial charge is 0.355 e. The van der Waals surface area contributed by atoms with Crippen LogP contribution in [0.15, 0.2) is 144 Å². The summed E-state index contributed by atoms with van der Waals surface area (Å²) in [6.45, 7) is 3.52. The van der Waals surface area contributed by atoms with Gasteiger partial charge in [-0.2, -0.15) is 0 Å². The van der Waals surface area contributed by atoms with Gasteiger partial charge in [-0.25, -0.2) is 9.59 Å². The van der Waals surface area contributed by atoms with Gasteiger partial charge >= 0.3 is 11.9 Å². The molecule has 2 unspecified atom stereocenters. The van der Waals surface area contributed by atoms with Crippen molar-refractivity contribution in [2.75, 3.05) is 11.5 Å². The van der Waals surface area contributed by atoms with Crippen LogP contribution >= 0.6 is 46.7 Å². The molecule has 4 aliphatic heterocycles. The maximum Gasteiger partial charge on any atom is 0.355 e. The number of carbonyl (C=O) groups excluding carboxylic acids is 10. The Labute approximate surface area is 487 Å². The molecule has 4 aromatic rings. The summed E-state index contributed by atoms with van der Waals surface area (Å²) >= 11 is 13.1. The highest BCUT2D eigenvalue weighted by Gasteiger charge is 2.56. The zero-order valence-electron chi connectivity index (χ0n) is 44.6. The summed E-state index contributed by atoms with van der Waals surface area (Å²) in [7, 11) is 0. The molecule has 0 saturated carbocycles. The molecular weight excluding hydrogens is 1120 g/mol. The van der Waals surface area contributed by atoms with Gasteiger partial charge < -0.3 is 30.7 Å². The number of hydrogen-bond donors (Lipinski definition) is 4. The number of esters is 2. The van der Waals surface area contributed by atoms with E-state index in [1.165, 1.54) is 33.3 Å². The Morgan fingerprint density at radius 3 is 1.20 bits per heavy atom. The molecule has 0 aromatic heterocycles. The molecular formula is C59H62Cl2N6O12S2. The van der Waals surface area contributed by atoms with Crippen molar-refractivity contribution in [3.8, 4) is 0 Å². The van der Waals surface area contributed by atoms with E-state index in [2.05, 4.69) is 21.3 Å². The highest BCUT2D eigenvalue weighted by molar-refractivity contribution is 8.00. The third kappa shape index (κ3) is 16.7. The molecule has 6 atom stereocenters. The largest absolute Gasteiger partial charge is 0.456 e. The van der Waals surface area contributed by atoms with Crippen LogP contribution in [0.1, 0.15) is 106 Å². The Kier molecular flexibility index (Phi) is 22.7. The number of nitrogens with one attached hydrogen (secondary N) is 4. The van der Waals surface area contributed by atoms with Gasteiger partial charge in [0, 0.05) is 24.3 Å². The van der Waals surface area contributed by atoms with Crippen LogP contribution in [0.4, 0.5) is 0 Å². The first-order valence-electron chi connectivity index (χ1n) is 26.4. The summed E-state index contributed by atoms with van der Waals surface area (Å²) in [5.74, 6) is -4.71. The van der Waals surface area contributed by atoms with Crippen molar-refractivity contribution in [3.05, 3.63) is 166 Å². The molecule has 4 aromatic carbocycles. The molecule has 2 saturated heterocycles. The fourth-order valence-corrected chi connectivity index (χ4v) is 12.1. The van der Waals surface area contributed by atoms with Crippen LogP contribution in [0.2, 0.25) is 0 Å². The number of nitrogens with zero attached hydrogens (tertiary/aromatic N) is 2. The van der Waals surface area contributed by atoms with E-state index in [-0.39, 0.29) is 35.1 Å². The Morgan fingerprint density at radius 1 is 0.519 bits per heavy atom. The average Bonchev–Trinajstić information content (AvgIpc) is 3.65. The maximum atomic E-state index is 14.0. The molecule has 0 radical (unpaired) electrons. The highest BCUT2D eigenvalue weighted by atomic mass is 35.5. The number of amides is 6. The summed E-state index contributed by atoms with van der Waals surface area (Å²) in [6, 6.07) is 30.1. The standard InChI is InChI=1S/C49H46N6O10S2.C10H16Cl2O2/c1-28-26-66-46-38(44(60)54(46)40(28)48(62)64-24-30-15-7-3-8-16-30)52-42(58)36(32-19-11-5-12-20-32)50-34(56)23-35(57)51-37(33-21-13-6-14-22-33)43(59)53-39-45(61)55-41(29(2)27-67-47(39)55)49(63)65-25-31-17-9-4-10-18-31;11-9(13)7-5-3-1-2-4-6-8-10(12)14/h3-22,36-39,46-47H,23-27H2,1-2H3,(H,50,56)(H,51,57)(H,52,58)(H,53,59);1-8H2/t36-,37+,38+,39-,46?,47?;. The predicted molar refractivity (Wildman–Crippen MR) is 306 cm³/mol. The van der Waals surface area contributed by atoms with Gasteiger partial charge in [-0.15, -0.1) is 23.5 Å². The van der Waals surface area contributed by atoms with Crippen molar-refractivity contribution in [1.82, 2.24) is 31.1 Å². The average molecular weight is 1180 g/mol. The van der Waals surface area contributed by atoms with Gasteiger partial charge in [0.1, 0.15) is 65.9 Å². The molecule has 2 fully saturated rings. The van der Waals surface area contributed by atoms with Crippen LogP contribution in [-0.4, -0.2) is 102 Å². The monoisotopic (exact) mass is 1180 g/mol. The molecule has 8 rings (SSSR count). The number of ether oxygens (including phenoxy) is 2. The van der Waals surface area contributed by atoms with Crippen LogP contribution in [0.5, 0.6) is 0 Å². The third-order valence-electron chi connectivity index (χ3n) is 13.4. The summed E-state index contributed by atoms with van der Waals surface area (Å²) in [6.07, 6.45) is 6.16. The van der Waals surface area contributed by atoms with Crippen LogP contribution < -0.4 is 21.3 Å². The summed E-state index contributed by atoms with van der Waals surface area (Å²) in [5.41, 5.74) is 3.87. The zero-order valence-corrected chi connectivity index (χ0v) is 47.7. The van der Waals surface area contributed by atoms with E-state index >= 15 is 0 Å². The van der Waals surface area contributed by atoms with Crippen molar-refractivity contribution in [1.29, 1.82) is 0 Å². The number of benzene rings is 4. The van der Waals surface area contributed by atoms with Gasteiger partial charge in [-0.3, -0.25) is 48.2 Å². The molecule has 4 aliphatic rings. The molecule has 6 amide bonds. The van der Waals surface area contributed by atoms with Gasteiger partial charge in [0.05, 0.1) is 0 Å². The Balaban J connectivity index is 0.000000596. The normalized spacial score (nSPS) is 18.7. The summed E-state index contributed by atoms with van der Waals surface area (Å²) in [4.78, 5) is 132. The van der Waals surface area contributed by atoms with E-state index in [1.807, 2.05) is 60.7 Å². The molecule has 22 heteroatoms. The maximum absolute atomic E-state index is 14.0. The number of hydrogen-bond acceptors (Lipinski definition) is 14. The number of carbonyl (C=O) groups is 10. The highest BCUT2D eigenvalue weighted by Crippen LogP contribution is 2.42. The summed E-state index contributed by atoms with van der Waals surface area (Å²) < 4.78 is 11.1. The minimum atomic E-state index is -1.34. The molecule has 0 bridgehead atoms. The Bertz CT molecular complexity index is 2830. The van der Waals surface area contributed by atoms with Crippen molar-refractivity contribution in [2.24, 2.45) is 0 Å². The van der Waals surface area contributed by atoms with Crippen LogP contribution in [0.3, 0.4) is 0 Å². The molecule has 0 aliphatic carbocycles. The van der Waals surface area contributed by atoms with Crippen LogP contribution in [-0.2, 0) is 70.6 Å². The van der Waals surface area contributed by atoms with E-state index in [0.29, 0.717) is 46.6 Å². The van der Waals surface area contributed by atoms with Gasteiger partial charge in [0.25, 0.3) is 11.8 Å². The van der Waals surface area contributed by atoms with E-state index in [4.69, 9.17) is 32.7 Å². The minimum absolute atomic E-state index is 0.0164. The van der Waals surface area contributed by atoms with E-state index < -0.39 is 88.7 Å². The number of unbranched alkanes of at least 4 members (excludes halogenated alkanes) is 5. The van der Waals surface area contributed by atoms with Gasteiger partial charge in [-0.05, 0) is 83.3 Å². The van der Waals surface area contributed by atoms with E-state index in [9.17, 15) is 47.9 Å². The van der Waals surface area contributed by atoms with Crippen LogP contribution in [0, 0.1) is 0 Å². The number of rotatable bonds is 25. The minimum Gasteiger partial charge on any atom is -0.456 e. The topological polar surface area (TPSA) is 244 Å². The van der Waals surface area contributed by atoms with E-state index in [1.54, 1.807) is 74.5 Å². The number of fused-ring (bicyclic) bond motifs is 2. The fourth-order valence-electron chi connectivity index (χ4n) is 9.28. The van der Waals surface area contributed by atoms with Crippen molar-refractivity contribution in [3.63, 3.8) is 0 Å². The molecule has 426 valence electrons. The quantitative estimate of drug-likeness (QED) is 0.0165. The summed E-state index contributed by atoms with van der Waals surface area (Å²) in [5, 5.41) is 8.98. The first-order chi connectivity index (χ1) is 39.0. The molecule has 81 heavy (non-hydrogen) atoms. The lowest BCUT2D eigenvalue weighted by Gasteiger charge is -2.49. The molecule has 4 heterocycles. The van der Waals surface area contributed by atoms with Crippen molar-refractivity contribution in [2.45, 2.75) is 120 Å². The predicted octanol–water partition coefficient (Wildman–Crippen LogP) is 7.56. The lowest BCUT2D eigenvalue weighted by Crippen LogP contribution is -2.71. The van der Waals surface area contributed by atoms with E-state index in [0.717, 1.165) is 49.7 Å². The first kappa shape index (κ1) is 61.4. The number of β-lactam (4-membered cyclic amide) rings is 2. The van der Waals surface area contributed by atoms with Gasteiger partial charge in [0.15, 0.2) is 0 Å².